The van der Waals surface area contributed by atoms with Gasteiger partial charge in [0.1, 0.15) is 11.5 Å². The molecular formula is C31H36O10. The summed E-state index contributed by atoms with van der Waals surface area (Å²) in [7, 11) is 0. The fourth-order valence-corrected chi connectivity index (χ4v) is 3.41. The molecule has 41 heavy (non-hydrogen) atoms. The number of fused-ring (bicyclic) bond motifs is 2. The van der Waals surface area contributed by atoms with Crippen molar-refractivity contribution in [3.8, 4) is 0 Å². The van der Waals surface area contributed by atoms with Crippen molar-refractivity contribution in [2.75, 3.05) is 0 Å². The molecule has 2 aliphatic carbocycles. The van der Waals surface area contributed by atoms with Crippen LogP contribution in [0.5, 0.6) is 0 Å². The van der Waals surface area contributed by atoms with Crippen LogP contribution in [0.15, 0.2) is 108 Å². The summed E-state index contributed by atoms with van der Waals surface area (Å²) in [5.74, 6) is -7.16. The summed E-state index contributed by atoms with van der Waals surface area (Å²) in [4.78, 5) is 72.3. The van der Waals surface area contributed by atoms with E-state index >= 15 is 0 Å². The molecule has 220 valence electrons. The molecule has 2 heterocycles. The number of esters is 2. The first kappa shape index (κ1) is 38.0. The Labute approximate surface area is 239 Å². The fourth-order valence-electron chi connectivity index (χ4n) is 3.41. The maximum atomic E-state index is 12.6. The predicted octanol–water partition coefficient (Wildman–Crippen LogP) is 5.28. The smallest absolute Gasteiger partial charge is 0.343 e. The lowest BCUT2D eigenvalue weighted by Gasteiger charge is -2.16. The summed E-state index contributed by atoms with van der Waals surface area (Å²) in [6.07, 6.45) is 3.56. The number of ether oxygens (including phenoxy) is 2. The van der Waals surface area contributed by atoms with Crippen LogP contribution in [0.3, 0.4) is 0 Å². The molecule has 0 amide bonds. The number of carbonyl (C=O) groups excluding carboxylic acids is 4. The van der Waals surface area contributed by atoms with Crippen molar-refractivity contribution in [2.24, 2.45) is 0 Å². The summed E-state index contributed by atoms with van der Waals surface area (Å²) in [5.41, 5.74) is -3.00. The zero-order valence-corrected chi connectivity index (χ0v) is 24.2. The third-order valence-electron chi connectivity index (χ3n) is 4.79. The third-order valence-corrected chi connectivity index (χ3v) is 4.79. The Kier molecular flexibility index (Phi) is 16.9. The molecule has 4 aliphatic rings. The highest BCUT2D eigenvalue weighted by Crippen LogP contribution is 2.37. The minimum atomic E-state index is -1.81. The van der Waals surface area contributed by atoms with Crippen LogP contribution in [0.2, 0.25) is 0 Å². The average molecular weight is 569 g/mol. The zero-order valence-electron chi connectivity index (χ0n) is 24.2. The molecule has 0 atom stereocenters. The van der Waals surface area contributed by atoms with E-state index in [4.69, 9.17) is 9.47 Å². The summed E-state index contributed by atoms with van der Waals surface area (Å²) in [5, 5.41) is 19.5. The molecule has 0 aromatic rings. The van der Waals surface area contributed by atoms with Gasteiger partial charge in [0.15, 0.2) is 11.6 Å². The first-order valence-corrected chi connectivity index (χ1v) is 12.6. The van der Waals surface area contributed by atoms with E-state index in [2.05, 4.69) is 32.9 Å². The lowest BCUT2D eigenvalue weighted by molar-refractivity contribution is -0.136. The third kappa shape index (κ3) is 8.43. The van der Waals surface area contributed by atoms with Gasteiger partial charge in [0.2, 0.25) is 0 Å². The number of carboxylic acid groups (broad SMARTS) is 2. The summed E-state index contributed by atoms with van der Waals surface area (Å²) >= 11 is 0. The fraction of sp³-hybridized carbons (Fsp3) is 0.226. The number of ketones is 2. The van der Waals surface area contributed by atoms with E-state index in [-0.39, 0.29) is 34.7 Å². The van der Waals surface area contributed by atoms with Gasteiger partial charge in [-0.3, -0.25) is 14.4 Å². The van der Waals surface area contributed by atoms with E-state index in [1.807, 2.05) is 41.5 Å². The molecule has 0 saturated carbocycles. The van der Waals surface area contributed by atoms with Crippen molar-refractivity contribution in [1.29, 1.82) is 0 Å². The number of allylic oxidation sites excluding steroid dienone is 8. The van der Waals surface area contributed by atoms with Gasteiger partial charge in [-0.15, -0.1) is 26.3 Å². The Bertz CT molecular complexity index is 1310. The zero-order chi connectivity index (χ0) is 32.6. The molecule has 2 aliphatic heterocycles. The summed E-state index contributed by atoms with van der Waals surface area (Å²) < 4.78 is 9.84. The number of aliphatic carboxylic acids is 2. The minimum Gasteiger partial charge on any atom is -0.478 e. The van der Waals surface area contributed by atoms with Crippen LogP contribution < -0.4 is 0 Å². The highest BCUT2D eigenvalue weighted by molar-refractivity contribution is 6.23. The lowest BCUT2D eigenvalue weighted by Crippen LogP contribution is -2.22. The van der Waals surface area contributed by atoms with Gasteiger partial charge < -0.3 is 19.7 Å². The number of carboxylic acids is 2. The maximum absolute atomic E-state index is 12.6. The normalized spacial score (nSPS) is 18.0. The van der Waals surface area contributed by atoms with E-state index in [0.29, 0.717) is 0 Å². The van der Waals surface area contributed by atoms with Crippen LogP contribution in [0.1, 0.15) is 48.0 Å². The van der Waals surface area contributed by atoms with Crippen LogP contribution in [-0.2, 0) is 38.2 Å². The number of hydrogen-bond donors (Lipinski definition) is 2. The Morgan fingerprint density at radius 1 is 0.683 bits per heavy atom. The van der Waals surface area contributed by atoms with Gasteiger partial charge in [-0.05, 0) is 24.3 Å². The van der Waals surface area contributed by atoms with Crippen LogP contribution in [0.4, 0.5) is 0 Å². The van der Waals surface area contributed by atoms with E-state index in [1.54, 1.807) is 0 Å². The lowest BCUT2D eigenvalue weighted by atomic mass is 9.86. The van der Waals surface area contributed by atoms with E-state index < -0.39 is 57.7 Å². The molecule has 0 radical (unpaired) electrons. The van der Waals surface area contributed by atoms with Crippen molar-refractivity contribution in [1.82, 2.24) is 0 Å². The molecule has 0 spiro atoms. The molecule has 2 fully saturated rings. The van der Waals surface area contributed by atoms with Gasteiger partial charge in [0.25, 0.3) is 0 Å². The number of rotatable bonds is 3. The van der Waals surface area contributed by atoms with Crippen molar-refractivity contribution in [3.63, 3.8) is 0 Å². The second-order valence-electron chi connectivity index (χ2n) is 6.68. The molecule has 4 rings (SSSR count). The van der Waals surface area contributed by atoms with Gasteiger partial charge in [-0.2, -0.15) is 0 Å². The molecule has 2 N–H and O–H groups in total. The minimum absolute atomic E-state index is 0.0503. The van der Waals surface area contributed by atoms with E-state index in [0.717, 1.165) is 24.3 Å². The van der Waals surface area contributed by atoms with Crippen LogP contribution in [-0.4, -0.2) is 45.7 Å². The average Bonchev–Trinajstić information content (AvgIpc) is 3.48. The summed E-state index contributed by atoms with van der Waals surface area (Å²) in [6.45, 7) is 27.5. The van der Waals surface area contributed by atoms with Gasteiger partial charge in [0.05, 0.1) is 23.1 Å². The molecule has 10 nitrogen and oxygen atoms in total. The van der Waals surface area contributed by atoms with Crippen molar-refractivity contribution in [2.45, 2.75) is 48.0 Å². The largest absolute Gasteiger partial charge is 0.478 e. The Balaban J connectivity index is 0. The number of carbonyl (C=O) groups is 6. The summed E-state index contributed by atoms with van der Waals surface area (Å²) in [6, 6.07) is 0. The molecule has 0 bridgehead atoms. The van der Waals surface area contributed by atoms with Gasteiger partial charge in [0, 0.05) is 22.3 Å². The SMILES string of the molecule is C=C.C=C.C=C1C(=O)OC2=C/C(=C(C(=O)O)\C(C(=O)O)=C3/C=C4OC(=O)CC4=CC3=O)C(=O)C=C12.CC.CC.CC. The second kappa shape index (κ2) is 18.2. The second-order valence-corrected chi connectivity index (χ2v) is 6.68. The quantitative estimate of drug-likeness (QED) is 0.260. The molecular weight excluding hydrogens is 532 g/mol. The highest BCUT2D eigenvalue weighted by atomic mass is 16.5. The van der Waals surface area contributed by atoms with Crippen LogP contribution in [0.25, 0.3) is 0 Å². The Hall–Kier alpha value is -5.12. The maximum Gasteiger partial charge on any atom is 0.343 e. The first-order valence-electron chi connectivity index (χ1n) is 12.6. The predicted molar refractivity (Wildman–Crippen MR) is 154 cm³/mol. The van der Waals surface area contributed by atoms with Crippen LogP contribution in [0, 0.1) is 0 Å². The van der Waals surface area contributed by atoms with E-state index in [9.17, 15) is 39.0 Å². The first-order chi connectivity index (χ1) is 19.6. The van der Waals surface area contributed by atoms with Gasteiger partial charge in [-0.25, -0.2) is 14.4 Å². The monoisotopic (exact) mass is 568 g/mol. The molecule has 2 saturated heterocycles. The molecule has 10 heteroatoms. The molecule has 0 unspecified atom stereocenters. The van der Waals surface area contributed by atoms with Gasteiger partial charge >= 0.3 is 23.9 Å². The Morgan fingerprint density at radius 2 is 1.10 bits per heavy atom. The van der Waals surface area contributed by atoms with Crippen molar-refractivity contribution < 1.29 is 48.5 Å². The van der Waals surface area contributed by atoms with Crippen LogP contribution >= 0.6 is 0 Å². The highest BCUT2D eigenvalue weighted by Gasteiger charge is 2.38. The molecule has 0 aromatic carbocycles. The van der Waals surface area contributed by atoms with E-state index in [1.165, 1.54) is 0 Å². The van der Waals surface area contributed by atoms with Crippen molar-refractivity contribution in [3.05, 3.63) is 108 Å². The topological polar surface area (TPSA) is 161 Å². The number of hydrogen-bond acceptors (Lipinski definition) is 8. The molecule has 0 aromatic heterocycles. The van der Waals surface area contributed by atoms with Gasteiger partial charge in [-0.1, -0.05) is 48.1 Å². The Morgan fingerprint density at radius 3 is 1.54 bits per heavy atom. The standard InChI is InChI=1S/C21H10O10.3C2H6.2C2H4/c1-7-9-4-13(23)11(6-15(9)31-21(7)29)18(20(27)28)17(19(25)26)10-5-14-8(2-12(10)22)3-16(24)30-14;5*1-2/h2,4-6H,1,3H2,(H,25,26)(H,27,28);3*1-2H3;2*1-2H2/b17-10-,18-11-;;;;;. The van der Waals surface area contributed by atoms with Crippen molar-refractivity contribution >= 4 is 35.4 Å².